The van der Waals surface area contributed by atoms with Crippen LogP contribution in [0.2, 0.25) is 0 Å². The number of rotatable bonds is 3. The molecule has 2 amide bonds. The van der Waals surface area contributed by atoms with Crippen molar-refractivity contribution in [3.8, 4) is 0 Å². The van der Waals surface area contributed by atoms with Gasteiger partial charge in [0.15, 0.2) is 0 Å². The van der Waals surface area contributed by atoms with E-state index in [4.69, 9.17) is 0 Å². The SMILES string of the molecule is Cc1ccccc1C(=O)Nc1sc2c(c1C(=O)N(C)C)CCC(C)C2. The Bertz CT molecular complexity index is 823. The summed E-state index contributed by atoms with van der Waals surface area (Å²) >= 11 is 1.56. The van der Waals surface area contributed by atoms with E-state index in [1.54, 1.807) is 30.3 Å². The van der Waals surface area contributed by atoms with Gasteiger partial charge in [-0.1, -0.05) is 25.1 Å². The molecule has 1 unspecified atom stereocenters. The van der Waals surface area contributed by atoms with E-state index in [9.17, 15) is 9.59 Å². The standard InChI is InChI=1S/C20H24N2O2S/c1-12-9-10-15-16(11-12)25-19(17(15)20(24)22(3)4)21-18(23)14-8-6-5-7-13(14)2/h5-8,12H,9-11H2,1-4H3,(H,21,23). The first-order chi connectivity index (χ1) is 11.9. The van der Waals surface area contributed by atoms with Gasteiger partial charge in [0.1, 0.15) is 5.00 Å². The van der Waals surface area contributed by atoms with Crippen LogP contribution < -0.4 is 5.32 Å². The number of aryl methyl sites for hydroxylation is 1. The Morgan fingerprint density at radius 1 is 1.24 bits per heavy atom. The summed E-state index contributed by atoms with van der Waals surface area (Å²) in [5.41, 5.74) is 3.38. The Morgan fingerprint density at radius 3 is 2.64 bits per heavy atom. The van der Waals surface area contributed by atoms with E-state index in [2.05, 4.69) is 12.2 Å². The van der Waals surface area contributed by atoms with Crippen LogP contribution in [0.4, 0.5) is 5.00 Å². The molecule has 4 nitrogen and oxygen atoms in total. The number of thiophene rings is 1. The van der Waals surface area contributed by atoms with E-state index in [0.29, 0.717) is 22.0 Å². The fourth-order valence-corrected chi connectivity index (χ4v) is 4.68. The second kappa shape index (κ2) is 7.00. The molecule has 0 radical (unpaired) electrons. The minimum absolute atomic E-state index is 0.0351. The number of amides is 2. The average molecular weight is 356 g/mol. The number of hydrogen-bond acceptors (Lipinski definition) is 3. The Hall–Kier alpha value is -2.14. The maximum atomic E-state index is 12.7. The minimum atomic E-state index is -0.155. The van der Waals surface area contributed by atoms with Crippen molar-refractivity contribution in [2.24, 2.45) is 5.92 Å². The number of nitrogens with one attached hydrogen (secondary N) is 1. The fraction of sp³-hybridized carbons (Fsp3) is 0.400. The molecule has 0 saturated carbocycles. The van der Waals surface area contributed by atoms with Gasteiger partial charge in [0.2, 0.25) is 0 Å². The van der Waals surface area contributed by atoms with Gasteiger partial charge in [-0.2, -0.15) is 0 Å². The predicted molar refractivity (Wildman–Crippen MR) is 103 cm³/mol. The molecule has 3 rings (SSSR count). The summed E-state index contributed by atoms with van der Waals surface area (Å²) in [6.45, 7) is 4.16. The van der Waals surface area contributed by atoms with Crippen molar-refractivity contribution in [2.75, 3.05) is 19.4 Å². The van der Waals surface area contributed by atoms with Crippen molar-refractivity contribution in [2.45, 2.75) is 33.1 Å². The van der Waals surface area contributed by atoms with Gasteiger partial charge < -0.3 is 10.2 Å². The number of hydrogen-bond donors (Lipinski definition) is 1. The van der Waals surface area contributed by atoms with E-state index in [0.717, 1.165) is 30.4 Å². The molecule has 1 aliphatic carbocycles. The molecule has 0 bridgehead atoms. The number of fused-ring (bicyclic) bond motifs is 1. The van der Waals surface area contributed by atoms with Gasteiger partial charge in [0.05, 0.1) is 5.56 Å². The van der Waals surface area contributed by atoms with Crippen LogP contribution in [0.5, 0.6) is 0 Å². The molecule has 1 aliphatic rings. The van der Waals surface area contributed by atoms with Gasteiger partial charge in [-0.05, 0) is 49.3 Å². The lowest BCUT2D eigenvalue weighted by atomic mass is 9.88. The number of benzene rings is 1. The van der Waals surface area contributed by atoms with Gasteiger partial charge in [-0.3, -0.25) is 9.59 Å². The molecule has 25 heavy (non-hydrogen) atoms. The number of carbonyl (C=O) groups is 2. The van der Waals surface area contributed by atoms with Crippen molar-refractivity contribution in [3.63, 3.8) is 0 Å². The number of nitrogens with zero attached hydrogens (tertiary/aromatic N) is 1. The second-order valence-corrected chi connectivity index (χ2v) is 8.13. The lowest BCUT2D eigenvalue weighted by Crippen LogP contribution is -2.25. The van der Waals surface area contributed by atoms with Gasteiger partial charge in [0.25, 0.3) is 11.8 Å². The lowest BCUT2D eigenvalue weighted by molar-refractivity contribution is 0.0827. The molecule has 0 aliphatic heterocycles. The van der Waals surface area contributed by atoms with Crippen molar-refractivity contribution in [3.05, 3.63) is 51.4 Å². The summed E-state index contributed by atoms with van der Waals surface area (Å²) in [6.07, 6.45) is 2.97. The molecule has 0 spiro atoms. The molecular weight excluding hydrogens is 332 g/mol. The average Bonchev–Trinajstić information content (AvgIpc) is 2.90. The maximum Gasteiger partial charge on any atom is 0.256 e. The first-order valence-electron chi connectivity index (χ1n) is 8.61. The summed E-state index contributed by atoms with van der Waals surface area (Å²) in [4.78, 5) is 28.3. The van der Waals surface area contributed by atoms with Gasteiger partial charge in [-0.25, -0.2) is 0 Å². The smallest absolute Gasteiger partial charge is 0.256 e. The van der Waals surface area contributed by atoms with Crippen LogP contribution in [0, 0.1) is 12.8 Å². The van der Waals surface area contributed by atoms with E-state index in [-0.39, 0.29) is 11.8 Å². The summed E-state index contributed by atoms with van der Waals surface area (Å²) in [5, 5.41) is 3.69. The van der Waals surface area contributed by atoms with Gasteiger partial charge in [-0.15, -0.1) is 11.3 Å². The van der Waals surface area contributed by atoms with E-state index < -0.39 is 0 Å². The van der Waals surface area contributed by atoms with Crippen LogP contribution >= 0.6 is 11.3 Å². The van der Waals surface area contributed by atoms with Gasteiger partial charge in [0, 0.05) is 24.5 Å². The highest BCUT2D eigenvalue weighted by molar-refractivity contribution is 7.17. The first-order valence-corrected chi connectivity index (χ1v) is 9.43. The minimum Gasteiger partial charge on any atom is -0.345 e. The molecule has 2 aromatic rings. The molecule has 1 N–H and O–H groups in total. The highest BCUT2D eigenvalue weighted by Gasteiger charge is 2.29. The quantitative estimate of drug-likeness (QED) is 0.899. The Kier molecular flexibility index (Phi) is 4.95. The van der Waals surface area contributed by atoms with Crippen LogP contribution in [-0.2, 0) is 12.8 Å². The topological polar surface area (TPSA) is 49.4 Å². The lowest BCUT2D eigenvalue weighted by Gasteiger charge is -2.19. The molecule has 1 atom stereocenters. The largest absolute Gasteiger partial charge is 0.345 e. The van der Waals surface area contributed by atoms with Crippen LogP contribution in [0.3, 0.4) is 0 Å². The third-order valence-corrected chi connectivity index (χ3v) is 5.92. The zero-order valence-electron chi connectivity index (χ0n) is 15.2. The normalized spacial score (nSPS) is 16.2. The second-order valence-electron chi connectivity index (χ2n) is 7.02. The van der Waals surface area contributed by atoms with Crippen LogP contribution in [0.25, 0.3) is 0 Å². The Balaban J connectivity index is 1.99. The monoisotopic (exact) mass is 356 g/mol. The van der Waals surface area contributed by atoms with Crippen molar-refractivity contribution in [1.82, 2.24) is 4.90 Å². The summed E-state index contributed by atoms with van der Waals surface area (Å²) in [6, 6.07) is 7.50. The van der Waals surface area contributed by atoms with Crippen molar-refractivity contribution >= 4 is 28.2 Å². The number of anilines is 1. The molecule has 5 heteroatoms. The summed E-state index contributed by atoms with van der Waals surface area (Å²) in [5.74, 6) is 0.429. The van der Waals surface area contributed by atoms with Crippen molar-refractivity contribution < 1.29 is 9.59 Å². The first kappa shape index (κ1) is 17.7. The maximum absolute atomic E-state index is 12.7. The molecular formula is C20H24N2O2S. The van der Waals surface area contributed by atoms with E-state index >= 15 is 0 Å². The third kappa shape index (κ3) is 3.47. The third-order valence-electron chi connectivity index (χ3n) is 4.75. The zero-order chi connectivity index (χ0) is 18.1. The molecule has 132 valence electrons. The Labute approximate surface area is 152 Å². The van der Waals surface area contributed by atoms with E-state index in [1.807, 2.05) is 31.2 Å². The van der Waals surface area contributed by atoms with Crippen LogP contribution in [0.15, 0.2) is 24.3 Å². The highest BCUT2D eigenvalue weighted by Crippen LogP contribution is 2.40. The molecule has 0 fully saturated rings. The van der Waals surface area contributed by atoms with Crippen LogP contribution in [0.1, 0.15) is 50.1 Å². The molecule has 0 saturated heterocycles. The number of carbonyl (C=O) groups excluding carboxylic acids is 2. The predicted octanol–water partition coefficient (Wildman–Crippen LogP) is 4.14. The molecule has 1 heterocycles. The fourth-order valence-electron chi connectivity index (χ4n) is 3.29. The van der Waals surface area contributed by atoms with Crippen LogP contribution in [-0.4, -0.2) is 30.8 Å². The van der Waals surface area contributed by atoms with E-state index in [1.165, 1.54) is 4.88 Å². The zero-order valence-corrected chi connectivity index (χ0v) is 16.0. The van der Waals surface area contributed by atoms with Gasteiger partial charge >= 0.3 is 0 Å². The molecule has 1 aromatic heterocycles. The van der Waals surface area contributed by atoms with Crippen molar-refractivity contribution in [1.29, 1.82) is 0 Å². The highest BCUT2D eigenvalue weighted by atomic mass is 32.1. The summed E-state index contributed by atoms with van der Waals surface area (Å²) < 4.78 is 0. The Morgan fingerprint density at radius 2 is 1.96 bits per heavy atom. The summed E-state index contributed by atoms with van der Waals surface area (Å²) in [7, 11) is 3.51. The molecule has 1 aromatic carbocycles.